The van der Waals surface area contributed by atoms with E-state index in [9.17, 15) is 33.6 Å². The first-order valence-corrected chi connectivity index (χ1v) is 34.5. The minimum atomic E-state index is -2.38. The maximum absolute atomic E-state index is 16.6. The number of alkyl halides is 1. The summed E-state index contributed by atoms with van der Waals surface area (Å²) in [5.74, 6) is -9.56. The van der Waals surface area contributed by atoms with Crippen molar-refractivity contribution in [3.05, 3.63) is 336 Å². The molecule has 109 heavy (non-hydrogen) atoms. The lowest BCUT2D eigenvalue weighted by molar-refractivity contribution is -0.390. The first-order valence-electron chi connectivity index (χ1n) is 34.5. The Hall–Kier alpha value is -12.4. The maximum atomic E-state index is 16.6. The Labute approximate surface area is 623 Å². The van der Waals surface area contributed by atoms with Crippen LogP contribution in [0.5, 0.6) is 0 Å². The van der Waals surface area contributed by atoms with Crippen molar-refractivity contribution in [2.75, 3.05) is 26.5 Å². The lowest BCUT2D eigenvalue weighted by Gasteiger charge is -2.50. The highest BCUT2D eigenvalue weighted by atomic mass is 19.1. The summed E-state index contributed by atoms with van der Waals surface area (Å²) >= 11 is 0. The summed E-state index contributed by atoms with van der Waals surface area (Å²) in [5.41, 5.74) is -0.434. The number of rotatable bonds is 28. The second-order valence-electron chi connectivity index (χ2n) is 24.7. The first-order chi connectivity index (χ1) is 53.2. The summed E-state index contributed by atoms with van der Waals surface area (Å²) in [7, 11) is 0. The summed E-state index contributed by atoms with van der Waals surface area (Å²) in [4.78, 5) is 132. The van der Waals surface area contributed by atoms with Crippen molar-refractivity contribution in [1.29, 1.82) is 0 Å². The van der Waals surface area contributed by atoms with Crippen LogP contribution in [0.2, 0.25) is 0 Å². The molecule has 3 heterocycles. The highest BCUT2D eigenvalue weighted by molar-refractivity contribution is 5.94. The number of carbonyl (C=O) groups is 9. The Morgan fingerprint density at radius 3 is 0.761 bits per heavy atom. The van der Waals surface area contributed by atoms with E-state index in [1.165, 1.54) is 188 Å². The Morgan fingerprint density at radius 2 is 0.486 bits per heavy atom. The summed E-state index contributed by atoms with van der Waals surface area (Å²) in [6, 6.07) is 67.8. The molecule has 0 aliphatic carbocycles. The molecule has 0 spiro atoms. The molecular formula is C84H71FO24. The van der Waals surface area contributed by atoms with Crippen LogP contribution in [0, 0.1) is 0 Å². The van der Waals surface area contributed by atoms with Crippen molar-refractivity contribution in [2.24, 2.45) is 0 Å². The van der Waals surface area contributed by atoms with Crippen LogP contribution < -0.4 is 0 Å². The third-order valence-electron chi connectivity index (χ3n) is 17.4. The van der Waals surface area contributed by atoms with Gasteiger partial charge in [-0.25, -0.2) is 47.5 Å². The first kappa shape index (κ1) is 76.3. The number of benzene rings is 9. The van der Waals surface area contributed by atoms with Crippen LogP contribution in [0.25, 0.3) is 0 Å². The molecule has 0 saturated carbocycles. The van der Waals surface area contributed by atoms with E-state index in [1.54, 1.807) is 91.0 Å². The quantitative estimate of drug-likeness (QED) is 0.0250. The Morgan fingerprint density at radius 1 is 0.275 bits per heavy atom. The number of halogens is 1. The second-order valence-corrected chi connectivity index (χ2v) is 24.7. The van der Waals surface area contributed by atoms with E-state index in [0.29, 0.717) is 0 Å². The van der Waals surface area contributed by atoms with Gasteiger partial charge in [0.1, 0.15) is 38.2 Å². The van der Waals surface area contributed by atoms with Gasteiger partial charge in [-0.2, -0.15) is 0 Å². The molecule has 0 unspecified atom stereocenters. The van der Waals surface area contributed by atoms with Crippen LogP contribution in [0.4, 0.5) is 4.39 Å². The van der Waals surface area contributed by atoms with Crippen molar-refractivity contribution >= 4 is 53.7 Å². The van der Waals surface area contributed by atoms with Crippen molar-refractivity contribution < 1.29 is 119 Å². The molecule has 15 atom stereocenters. The highest BCUT2D eigenvalue weighted by Crippen LogP contribution is 2.40. The van der Waals surface area contributed by atoms with Crippen LogP contribution in [-0.4, -0.2) is 172 Å². The second kappa shape index (κ2) is 37.3. The maximum Gasteiger partial charge on any atom is 0.338 e. The molecule has 0 N–H and O–H groups in total. The smallest absolute Gasteiger partial charge is 0.338 e. The fraction of sp³-hybridized carbons (Fsp3) is 0.226. The van der Waals surface area contributed by atoms with E-state index in [0.717, 1.165) is 0 Å². The van der Waals surface area contributed by atoms with Crippen molar-refractivity contribution in [3.63, 3.8) is 0 Å². The minimum Gasteiger partial charge on any atom is -0.459 e. The molecule has 0 aromatic heterocycles. The lowest BCUT2D eigenvalue weighted by atomic mass is 9.95. The van der Waals surface area contributed by atoms with Crippen LogP contribution in [0.1, 0.15) is 93.2 Å². The van der Waals surface area contributed by atoms with Gasteiger partial charge in [0, 0.05) is 0 Å². The predicted octanol–water partition coefficient (Wildman–Crippen LogP) is 11.4. The summed E-state index contributed by atoms with van der Waals surface area (Å²) in [5, 5.41) is 0. The third-order valence-corrected chi connectivity index (χ3v) is 17.4. The van der Waals surface area contributed by atoms with E-state index in [4.69, 9.17) is 71.1 Å². The van der Waals surface area contributed by atoms with Gasteiger partial charge in [-0.3, -0.25) is 0 Å². The van der Waals surface area contributed by atoms with Crippen LogP contribution in [-0.2, 0) is 71.1 Å². The van der Waals surface area contributed by atoms with Crippen LogP contribution in [0.3, 0.4) is 0 Å². The molecule has 0 radical (unpaired) electrons. The number of carbonyl (C=O) groups excluding carboxylic acids is 9. The average Bonchev–Trinajstić information content (AvgIpc) is 0.755. The van der Waals surface area contributed by atoms with Gasteiger partial charge in [-0.15, -0.1) is 6.58 Å². The zero-order valence-corrected chi connectivity index (χ0v) is 57.9. The molecule has 3 saturated heterocycles. The topological polar surface area (TPSA) is 292 Å². The number of ether oxygens (including phenoxy) is 15. The molecule has 3 fully saturated rings. The van der Waals surface area contributed by atoms with Gasteiger partial charge in [0.05, 0.1) is 56.7 Å². The van der Waals surface area contributed by atoms with Gasteiger partial charge in [0.25, 0.3) is 0 Å². The van der Waals surface area contributed by atoms with Crippen molar-refractivity contribution in [3.8, 4) is 0 Å². The van der Waals surface area contributed by atoms with Gasteiger partial charge in [-0.1, -0.05) is 170 Å². The summed E-state index contributed by atoms with van der Waals surface area (Å²) in [6.45, 7) is 0.200. The molecule has 9 aromatic rings. The fourth-order valence-corrected chi connectivity index (χ4v) is 12.1. The molecule has 0 amide bonds. The molecule has 24 nitrogen and oxygen atoms in total. The predicted molar refractivity (Wildman–Crippen MR) is 381 cm³/mol. The number of hydrogen-bond acceptors (Lipinski definition) is 24. The molecule has 3 aliphatic heterocycles. The zero-order chi connectivity index (χ0) is 76.0. The van der Waals surface area contributed by atoms with Gasteiger partial charge < -0.3 is 71.1 Å². The Balaban J connectivity index is 1.06. The van der Waals surface area contributed by atoms with E-state index in [2.05, 4.69) is 6.58 Å². The lowest BCUT2D eigenvalue weighted by Crippen LogP contribution is -2.69. The molecule has 12 rings (SSSR count). The third kappa shape index (κ3) is 19.5. The fourth-order valence-electron chi connectivity index (χ4n) is 12.1. The summed E-state index contributed by atoms with van der Waals surface area (Å²) in [6.07, 6.45) is -30.0. The zero-order valence-electron chi connectivity index (χ0n) is 57.9. The normalized spacial score (nSPS) is 23.5. The monoisotopic (exact) mass is 1480 g/mol. The Bertz CT molecular complexity index is 4530. The van der Waals surface area contributed by atoms with Crippen LogP contribution in [0.15, 0.2) is 286 Å². The highest BCUT2D eigenvalue weighted by Gasteiger charge is 2.61. The van der Waals surface area contributed by atoms with E-state index >= 15 is 14.0 Å². The van der Waals surface area contributed by atoms with Gasteiger partial charge >= 0.3 is 53.7 Å². The number of esters is 9. The molecule has 3 aliphatic rings. The Kier molecular flexibility index (Phi) is 26.1. The van der Waals surface area contributed by atoms with E-state index in [-0.39, 0.29) is 50.1 Å². The number of hydrogen-bond donors (Lipinski definition) is 0. The largest absolute Gasteiger partial charge is 0.459 e. The van der Waals surface area contributed by atoms with Gasteiger partial charge in [0.15, 0.2) is 73.8 Å². The molecule has 9 aromatic carbocycles. The summed E-state index contributed by atoms with van der Waals surface area (Å²) < 4.78 is 114. The minimum absolute atomic E-state index is 0.0271. The van der Waals surface area contributed by atoms with Gasteiger partial charge in [-0.05, 0) is 109 Å². The van der Waals surface area contributed by atoms with E-state index in [1.807, 2.05) is 0 Å². The molecular weight excluding hydrogens is 1410 g/mol. The molecule has 0 bridgehead atoms. The van der Waals surface area contributed by atoms with E-state index < -0.39 is 172 Å². The van der Waals surface area contributed by atoms with Gasteiger partial charge in [0.2, 0.25) is 0 Å². The average molecular weight is 1480 g/mol. The van der Waals surface area contributed by atoms with Crippen molar-refractivity contribution in [2.45, 2.75) is 92.1 Å². The van der Waals surface area contributed by atoms with Crippen molar-refractivity contribution in [1.82, 2.24) is 0 Å². The van der Waals surface area contributed by atoms with Crippen LogP contribution >= 0.6 is 0 Å². The molecule has 25 heteroatoms. The molecule has 558 valence electrons. The standard InChI is InChI=1S/C84H71FO24/c1-2-48-95-82-70(68(105-79(92)58-42-24-9-25-43-58)65(102-76(89)55-36-18-6-19-37-55)62(99-82)50-96-73(86)52-30-12-3-13-31-52)108-84-72(69(106-80(93)59-44-26-10-27-45-59)66(103-77(90)56-38-20-7-21-39-56)63(100-84)51-97-74(87)53-32-14-4-15-33-53)109-83-71(107-81(94)60-46-28-11-29-47-60)67(104-78(91)57-40-22-8-23-41-57)64(61(49-85)98-83)101-75(88)54-34-16-5-17-35-54/h2-47,61-72,82-84H,1,48-51H2/t61-,62-,63-,64-,65-,66-,67+,68+,69+,70+,71+,72+,82+,83-,84-/m1/s1. The SMILES string of the molecule is C=CCO[C@H]1O[C@H](COC(=O)c2ccccc2)[C@@H](OC(=O)c2ccccc2)[C@H](OC(=O)c2ccccc2)[C@@H]1O[C@H]1O[C@H](COC(=O)c2ccccc2)[C@@H](OC(=O)c2ccccc2)[C@H](OC(=O)c2ccccc2)[C@@H]1O[C@H]1O[C@H](CF)[C@@H](OC(=O)c2ccccc2)[C@H](OC(=O)c2ccccc2)[C@@H]1OC(=O)c1ccccc1.